The minimum absolute atomic E-state index is 0.0670. The highest BCUT2D eigenvalue weighted by Crippen LogP contribution is 2.34. The summed E-state index contributed by atoms with van der Waals surface area (Å²) in [5.41, 5.74) is 2.55. The van der Waals surface area contributed by atoms with Crippen molar-refractivity contribution in [1.29, 1.82) is 0 Å². The monoisotopic (exact) mass is 356 g/mol. The summed E-state index contributed by atoms with van der Waals surface area (Å²) >= 11 is 0. The number of methoxy groups -OCH3 is 1. The normalized spacial score (nSPS) is 14.2. The van der Waals surface area contributed by atoms with Crippen LogP contribution in [0.5, 0.6) is 5.75 Å². The standard InChI is InChI=1S/C19H24N4O3/c1-12(2)9-14-10-15(22-21-14)19(25)20-13-6-7-17(26-3)16(11-13)23-8-4-5-18(23)24/h6-7,10-12H,4-5,8-9H2,1-3H3,(H,20,25)(H,21,22). The van der Waals surface area contributed by atoms with E-state index in [4.69, 9.17) is 4.74 Å². The molecule has 2 amide bonds. The van der Waals surface area contributed by atoms with Crippen molar-refractivity contribution in [3.63, 3.8) is 0 Å². The molecule has 3 rings (SSSR count). The van der Waals surface area contributed by atoms with Crippen molar-refractivity contribution in [1.82, 2.24) is 10.2 Å². The van der Waals surface area contributed by atoms with Gasteiger partial charge in [-0.05, 0) is 43.0 Å². The molecule has 2 N–H and O–H groups in total. The third-order valence-electron chi connectivity index (χ3n) is 4.29. The van der Waals surface area contributed by atoms with Crippen molar-refractivity contribution in [2.45, 2.75) is 33.1 Å². The van der Waals surface area contributed by atoms with Crippen LogP contribution >= 0.6 is 0 Å². The Morgan fingerprint density at radius 1 is 1.38 bits per heavy atom. The number of carbonyl (C=O) groups is 2. The van der Waals surface area contributed by atoms with E-state index in [0.717, 1.165) is 18.5 Å². The zero-order valence-corrected chi connectivity index (χ0v) is 15.3. The predicted octanol–water partition coefficient (Wildman–Crippen LogP) is 3.00. The Morgan fingerprint density at radius 3 is 2.85 bits per heavy atom. The summed E-state index contributed by atoms with van der Waals surface area (Å²) in [4.78, 5) is 26.2. The molecule has 2 heterocycles. The van der Waals surface area contributed by atoms with Crippen LogP contribution in [0.25, 0.3) is 0 Å². The SMILES string of the molecule is COc1ccc(NC(=O)c2cc(CC(C)C)[nH]n2)cc1N1CCCC1=O. The predicted molar refractivity (Wildman–Crippen MR) is 99.7 cm³/mol. The van der Waals surface area contributed by atoms with Crippen LogP contribution in [-0.2, 0) is 11.2 Å². The molecular formula is C19H24N4O3. The van der Waals surface area contributed by atoms with Crippen LogP contribution in [0.4, 0.5) is 11.4 Å². The van der Waals surface area contributed by atoms with Gasteiger partial charge in [0.15, 0.2) is 5.69 Å². The molecule has 0 aliphatic carbocycles. The van der Waals surface area contributed by atoms with Gasteiger partial charge >= 0.3 is 0 Å². The molecule has 0 radical (unpaired) electrons. The van der Waals surface area contributed by atoms with Crippen molar-refractivity contribution in [3.8, 4) is 5.75 Å². The maximum Gasteiger partial charge on any atom is 0.276 e. The summed E-state index contributed by atoms with van der Waals surface area (Å²) in [5, 5.41) is 9.82. The van der Waals surface area contributed by atoms with Gasteiger partial charge in [0.25, 0.3) is 5.91 Å². The molecule has 7 nitrogen and oxygen atoms in total. The molecule has 1 aromatic heterocycles. The van der Waals surface area contributed by atoms with Gasteiger partial charge in [-0.15, -0.1) is 0 Å². The number of nitrogens with one attached hydrogen (secondary N) is 2. The Balaban J connectivity index is 1.78. The van der Waals surface area contributed by atoms with Crippen LogP contribution in [0.15, 0.2) is 24.3 Å². The largest absolute Gasteiger partial charge is 0.495 e. The van der Waals surface area contributed by atoms with Gasteiger partial charge in [-0.1, -0.05) is 13.8 Å². The van der Waals surface area contributed by atoms with E-state index in [0.29, 0.717) is 41.7 Å². The first-order valence-electron chi connectivity index (χ1n) is 8.82. The number of amides is 2. The van der Waals surface area contributed by atoms with Gasteiger partial charge in [0.05, 0.1) is 12.8 Å². The van der Waals surface area contributed by atoms with E-state index in [9.17, 15) is 9.59 Å². The number of rotatable bonds is 6. The summed E-state index contributed by atoms with van der Waals surface area (Å²) < 4.78 is 5.37. The molecule has 26 heavy (non-hydrogen) atoms. The van der Waals surface area contributed by atoms with Crippen molar-refractivity contribution < 1.29 is 14.3 Å². The van der Waals surface area contributed by atoms with Crippen LogP contribution < -0.4 is 15.0 Å². The Bertz CT molecular complexity index is 813. The maximum absolute atomic E-state index is 12.5. The van der Waals surface area contributed by atoms with E-state index >= 15 is 0 Å². The minimum atomic E-state index is -0.292. The number of hydrogen-bond acceptors (Lipinski definition) is 4. The van der Waals surface area contributed by atoms with Crippen LogP contribution in [0.2, 0.25) is 0 Å². The molecule has 0 atom stereocenters. The van der Waals surface area contributed by atoms with Crippen LogP contribution in [-0.4, -0.2) is 35.7 Å². The first-order valence-corrected chi connectivity index (χ1v) is 8.82. The maximum atomic E-state index is 12.5. The summed E-state index contributed by atoms with van der Waals surface area (Å²) in [6, 6.07) is 7.04. The van der Waals surface area contributed by atoms with Gasteiger partial charge in [-0.2, -0.15) is 5.10 Å². The van der Waals surface area contributed by atoms with Gasteiger partial charge in [-0.25, -0.2) is 0 Å². The molecule has 2 aromatic rings. The third-order valence-corrected chi connectivity index (χ3v) is 4.29. The Hall–Kier alpha value is -2.83. The van der Waals surface area contributed by atoms with E-state index in [1.165, 1.54) is 0 Å². The fourth-order valence-electron chi connectivity index (χ4n) is 3.10. The lowest BCUT2D eigenvalue weighted by Crippen LogP contribution is -2.24. The van der Waals surface area contributed by atoms with E-state index in [2.05, 4.69) is 29.4 Å². The average Bonchev–Trinajstić information content (AvgIpc) is 3.23. The molecule has 1 saturated heterocycles. The second kappa shape index (κ2) is 7.59. The van der Waals surface area contributed by atoms with Crippen LogP contribution in [0, 0.1) is 5.92 Å². The minimum Gasteiger partial charge on any atom is -0.495 e. The number of benzene rings is 1. The lowest BCUT2D eigenvalue weighted by Gasteiger charge is -2.20. The van der Waals surface area contributed by atoms with E-state index in [1.54, 1.807) is 36.3 Å². The molecular weight excluding hydrogens is 332 g/mol. The molecule has 1 aliphatic heterocycles. The van der Waals surface area contributed by atoms with Crippen molar-refractivity contribution in [3.05, 3.63) is 35.7 Å². The third kappa shape index (κ3) is 3.87. The zero-order chi connectivity index (χ0) is 18.7. The van der Waals surface area contributed by atoms with E-state index in [1.807, 2.05) is 0 Å². The van der Waals surface area contributed by atoms with Gasteiger partial charge in [0.2, 0.25) is 5.91 Å². The van der Waals surface area contributed by atoms with Crippen LogP contribution in [0.1, 0.15) is 42.9 Å². The molecule has 0 bridgehead atoms. The first kappa shape index (κ1) is 18.0. The highest BCUT2D eigenvalue weighted by atomic mass is 16.5. The Morgan fingerprint density at radius 2 is 2.19 bits per heavy atom. The zero-order valence-electron chi connectivity index (χ0n) is 15.3. The smallest absolute Gasteiger partial charge is 0.276 e. The number of nitrogens with zero attached hydrogens (tertiary/aromatic N) is 2. The number of ether oxygens (including phenoxy) is 1. The lowest BCUT2D eigenvalue weighted by molar-refractivity contribution is -0.117. The fraction of sp³-hybridized carbons (Fsp3) is 0.421. The summed E-state index contributed by atoms with van der Waals surface area (Å²) in [6.45, 7) is 4.88. The molecule has 7 heteroatoms. The fourth-order valence-corrected chi connectivity index (χ4v) is 3.10. The molecule has 1 aromatic carbocycles. The first-order chi connectivity index (χ1) is 12.5. The van der Waals surface area contributed by atoms with Gasteiger partial charge < -0.3 is 15.0 Å². The van der Waals surface area contributed by atoms with Crippen LogP contribution in [0.3, 0.4) is 0 Å². The van der Waals surface area contributed by atoms with Gasteiger partial charge in [-0.3, -0.25) is 14.7 Å². The van der Waals surface area contributed by atoms with Crippen molar-refractivity contribution >= 4 is 23.2 Å². The number of anilines is 2. The van der Waals surface area contributed by atoms with Gasteiger partial charge in [0, 0.05) is 24.3 Å². The molecule has 0 unspecified atom stereocenters. The quantitative estimate of drug-likeness (QED) is 0.833. The number of aromatic amines is 1. The Kier molecular flexibility index (Phi) is 5.25. The Labute approximate surface area is 152 Å². The van der Waals surface area contributed by atoms with E-state index in [-0.39, 0.29) is 11.8 Å². The molecule has 0 saturated carbocycles. The molecule has 1 aliphatic rings. The number of hydrogen-bond donors (Lipinski definition) is 2. The highest BCUT2D eigenvalue weighted by molar-refractivity contribution is 6.04. The number of carbonyl (C=O) groups excluding carboxylic acids is 2. The summed E-state index contributed by atoms with van der Waals surface area (Å²) in [7, 11) is 1.57. The van der Waals surface area contributed by atoms with Crippen molar-refractivity contribution in [2.75, 3.05) is 23.9 Å². The highest BCUT2D eigenvalue weighted by Gasteiger charge is 2.25. The molecule has 138 valence electrons. The summed E-state index contributed by atoms with van der Waals surface area (Å²) in [6.07, 6.45) is 2.19. The average molecular weight is 356 g/mol. The van der Waals surface area contributed by atoms with E-state index < -0.39 is 0 Å². The summed E-state index contributed by atoms with van der Waals surface area (Å²) in [5.74, 6) is 0.864. The lowest BCUT2D eigenvalue weighted by atomic mass is 10.1. The molecule has 1 fully saturated rings. The second-order valence-corrected chi connectivity index (χ2v) is 6.87. The number of aromatic nitrogens is 2. The molecule has 0 spiro atoms. The number of H-pyrrole nitrogens is 1. The van der Waals surface area contributed by atoms with Crippen molar-refractivity contribution in [2.24, 2.45) is 5.92 Å². The van der Waals surface area contributed by atoms with Gasteiger partial charge in [0.1, 0.15) is 5.75 Å². The topological polar surface area (TPSA) is 87.3 Å². The second-order valence-electron chi connectivity index (χ2n) is 6.87.